The van der Waals surface area contributed by atoms with Gasteiger partial charge < -0.3 is 66.3 Å². The third kappa shape index (κ3) is 12.0. The van der Waals surface area contributed by atoms with Gasteiger partial charge in [-0.2, -0.15) is 0 Å². The summed E-state index contributed by atoms with van der Waals surface area (Å²) in [5, 5.41) is 0. The highest BCUT2D eigenvalue weighted by Gasteiger charge is 2.55. The maximum absolute atomic E-state index is 7.18. The van der Waals surface area contributed by atoms with Crippen molar-refractivity contribution in [1.82, 2.24) is 0 Å². The van der Waals surface area contributed by atoms with E-state index in [0.717, 1.165) is 38.5 Å². The Morgan fingerprint density at radius 3 is 0.487 bits per heavy atom. The van der Waals surface area contributed by atoms with Crippen molar-refractivity contribution < 1.29 is 66.3 Å². The van der Waals surface area contributed by atoms with Crippen molar-refractivity contribution in [3.8, 4) is 0 Å². The third-order valence-electron chi connectivity index (χ3n) is 21.8. The van der Waals surface area contributed by atoms with Gasteiger partial charge in [-0.05, 0) is 86.9 Å². The number of rotatable bonds is 6. The summed E-state index contributed by atoms with van der Waals surface area (Å²) in [6.45, 7) is 47.0. The summed E-state index contributed by atoms with van der Waals surface area (Å²) in [7, 11) is 0. The normalized spacial score (nSPS) is 55.9. The van der Waals surface area contributed by atoms with Crippen molar-refractivity contribution in [3.63, 3.8) is 0 Å². The fraction of sp³-hybridized carbons (Fsp3) is 1.00. The number of hydrogen-bond acceptors (Lipinski definition) is 14. The molecule has 14 bridgehead atoms. The topological polar surface area (TPSA) is 129 Å². The molecule has 21 heterocycles. The molecule has 0 aromatic carbocycles. The molecule has 0 N–H and O–H groups in total. The Hall–Kier alpha value is -0.560. The fourth-order valence-corrected chi connectivity index (χ4v) is 14.6. The van der Waals surface area contributed by atoms with E-state index in [1.54, 1.807) is 0 Å². The second-order valence-corrected chi connectivity index (χ2v) is 26.1. The molecule has 35 atom stereocenters. The van der Waals surface area contributed by atoms with E-state index in [1.165, 1.54) is 0 Å². The molecule has 442 valence electrons. The first-order chi connectivity index (χ1) is 36.1. The van der Waals surface area contributed by atoms with Crippen molar-refractivity contribution in [2.45, 2.75) is 313 Å². The van der Waals surface area contributed by atoms with Crippen molar-refractivity contribution in [2.24, 2.45) is 82.9 Å². The Morgan fingerprint density at radius 1 is 0.171 bits per heavy atom. The number of ether oxygens (including phenoxy) is 14. The van der Waals surface area contributed by atoms with Crippen molar-refractivity contribution in [1.29, 1.82) is 0 Å². The Labute approximate surface area is 461 Å². The highest BCUT2D eigenvalue weighted by molar-refractivity contribution is 4.97. The van der Waals surface area contributed by atoms with Gasteiger partial charge in [0.2, 0.25) is 0 Å². The first-order valence-corrected chi connectivity index (χ1v) is 31.3. The minimum atomic E-state index is -0.420. The van der Waals surface area contributed by atoms with Crippen LogP contribution in [0, 0.1) is 82.9 Å². The zero-order chi connectivity index (χ0) is 55.3. The molecule has 21 aliphatic rings. The lowest BCUT2D eigenvalue weighted by Crippen LogP contribution is -2.60. The number of hydrogen-bond donors (Lipinski definition) is 0. The lowest BCUT2D eigenvalue weighted by Gasteiger charge is -2.52. The molecule has 21 fully saturated rings. The van der Waals surface area contributed by atoms with E-state index in [2.05, 4.69) is 145 Å². The Kier molecular flexibility index (Phi) is 21.0. The van der Waals surface area contributed by atoms with Gasteiger partial charge >= 0.3 is 0 Å². The molecule has 0 saturated carbocycles. The fourth-order valence-electron chi connectivity index (χ4n) is 14.6. The standard InChI is InChI=1S/C62H110O14/c1-22-43-50-30(9)37(16)58(65-43)73-52-32(11)39(18)60(67-45(52)24-3)75-54-34(13)41(20)62(69-47(54)26-5)76-55-33(12)40(19)61(68-48(55)27-6)74-53-31(10)38(17)59(66-46(53)25-4)72-51-29(8)36(15)57(64-44(51)23-2)70-49-28(7)35(14)56(71-50)63-42(49)21/h28-62H,22-27H2,1-21H3. The quantitative estimate of drug-likeness (QED) is 0.250. The molecule has 21 saturated heterocycles. The SMILES string of the molecule is CCC1OC2OC3C(CC)OC(OC4C(CC)OC(OC5C(CC)OC(OC6C(CC)OC(OC7C(CC)OC(OC8C(C)OC(OC1C(C)C2C)C(C)C8C)C(C)C7C)C(C)C6C)C(C)C5C)C(C)C4C)C(C)C3C. The van der Waals surface area contributed by atoms with E-state index in [1.807, 2.05) is 0 Å². The van der Waals surface area contributed by atoms with Crippen LogP contribution in [0.2, 0.25) is 0 Å². The molecule has 35 unspecified atom stereocenters. The molecule has 0 aromatic heterocycles. The summed E-state index contributed by atoms with van der Waals surface area (Å²) < 4.78 is 99.0. The summed E-state index contributed by atoms with van der Waals surface area (Å²) in [5.74, 6) is 1.38. The Balaban J connectivity index is 1.07. The lowest BCUT2D eigenvalue weighted by atomic mass is 9.80. The minimum absolute atomic E-state index is 0.0558. The van der Waals surface area contributed by atoms with Gasteiger partial charge in [0.25, 0.3) is 0 Å². The Morgan fingerprint density at radius 2 is 0.316 bits per heavy atom. The van der Waals surface area contributed by atoms with Crippen LogP contribution in [0.15, 0.2) is 0 Å². The molecule has 21 rings (SSSR count). The molecular formula is C62H110O14. The molecule has 14 nitrogen and oxygen atoms in total. The maximum atomic E-state index is 7.18. The first kappa shape index (κ1) is 61.5. The molecular weight excluding hydrogens is 969 g/mol. The van der Waals surface area contributed by atoms with Crippen LogP contribution < -0.4 is 0 Å². The molecule has 0 aromatic rings. The van der Waals surface area contributed by atoms with Gasteiger partial charge in [0, 0.05) is 41.4 Å². The zero-order valence-corrected chi connectivity index (χ0v) is 51.2. The van der Waals surface area contributed by atoms with Crippen LogP contribution in [-0.4, -0.2) is 129 Å². The van der Waals surface area contributed by atoms with E-state index in [4.69, 9.17) is 66.3 Å². The molecule has 0 amide bonds. The second-order valence-electron chi connectivity index (χ2n) is 26.1. The van der Waals surface area contributed by atoms with Gasteiger partial charge in [-0.1, -0.05) is 138 Å². The molecule has 0 aliphatic carbocycles. The van der Waals surface area contributed by atoms with Gasteiger partial charge in [0.15, 0.2) is 44.0 Å². The van der Waals surface area contributed by atoms with Crippen LogP contribution in [-0.2, 0) is 66.3 Å². The van der Waals surface area contributed by atoms with Crippen LogP contribution in [0.5, 0.6) is 0 Å². The van der Waals surface area contributed by atoms with Gasteiger partial charge in [0.1, 0.15) is 0 Å². The first-order valence-electron chi connectivity index (χ1n) is 31.3. The van der Waals surface area contributed by atoms with Crippen LogP contribution in [0.25, 0.3) is 0 Å². The van der Waals surface area contributed by atoms with Gasteiger partial charge in [-0.3, -0.25) is 0 Å². The van der Waals surface area contributed by atoms with Gasteiger partial charge in [-0.25, -0.2) is 0 Å². The minimum Gasteiger partial charge on any atom is -0.347 e. The highest BCUT2D eigenvalue weighted by atomic mass is 16.8. The van der Waals surface area contributed by atoms with Crippen molar-refractivity contribution in [3.05, 3.63) is 0 Å². The maximum Gasteiger partial charge on any atom is 0.161 e. The van der Waals surface area contributed by atoms with Crippen LogP contribution >= 0.6 is 0 Å². The average molecular weight is 1080 g/mol. The third-order valence-corrected chi connectivity index (χ3v) is 21.8. The second kappa shape index (κ2) is 25.9. The summed E-state index contributed by atoms with van der Waals surface area (Å²) in [6.07, 6.45) is -0.674. The monoisotopic (exact) mass is 1080 g/mol. The zero-order valence-electron chi connectivity index (χ0n) is 51.2. The summed E-state index contributed by atoms with van der Waals surface area (Å²) in [5.41, 5.74) is 0. The Bertz CT molecular complexity index is 1780. The van der Waals surface area contributed by atoms with E-state index in [0.29, 0.717) is 0 Å². The van der Waals surface area contributed by atoms with E-state index >= 15 is 0 Å². The predicted molar refractivity (Wildman–Crippen MR) is 290 cm³/mol. The molecule has 0 spiro atoms. The summed E-state index contributed by atoms with van der Waals surface area (Å²) in [4.78, 5) is 0. The van der Waals surface area contributed by atoms with Crippen LogP contribution in [0.4, 0.5) is 0 Å². The summed E-state index contributed by atoms with van der Waals surface area (Å²) >= 11 is 0. The van der Waals surface area contributed by atoms with Crippen LogP contribution in [0.1, 0.15) is 184 Å². The average Bonchev–Trinajstić information content (AvgIpc) is 3.41. The van der Waals surface area contributed by atoms with Gasteiger partial charge in [-0.15, -0.1) is 0 Å². The van der Waals surface area contributed by atoms with E-state index < -0.39 is 44.0 Å². The predicted octanol–water partition coefficient (Wildman–Crippen LogP) is 12.2. The van der Waals surface area contributed by atoms with Crippen molar-refractivity contribution >= 4 is 0 Å². The van der Waals surface area contributed by atoms with Crippen molar-refractivity contribution in [2.75, 3.05) is 0 Å². The summed E-state index contributed by atoms with van der Waals surface area (Å²) in [6, 6.07) is 0. The van der Waals surface area contributed by atoms with E-state index in [-0.39, 0.29) is 168 Å². The van der Waals surface area contributed by atoms with Crippen LogP contribution in [0.3, 0.4) is 0 Å². The lowest BCUT2D eigenvalue weighted by molar-refractivity contribution is -0.368. The smallest absolute Gasteiger partial charge is 0.161 e. The van der Waals surface area contributed by atoms with E-state index in [9.17, 15) is 0 Å². The molecule has 21 aliphatic heterocycles. The highest BCUT2D eigenvalue weighted by Crippen LogP contribution is 2.48. The van der Waals surface area contributed by atoms with Gasteiger partial charge in [0.05, 0.1) is 85.5 Å². The molecule has 14 heteroatoms. The largest absolute Gasteiger partial charge is 0.347 e. The molecule has 0 radical (unpaired) electrons. The molecule has 76 heavy (non-hydrogen) atoms.